The number of amides is 1. The summed E-state index contributed by atoms with van der Waals surface area (Å²) < 4.78 is -1.83. The fourth-order valence-corrected chi connectivity index (χ4v) is 3.21. The van der Waals surface area contributed by atoms with Crippen LogP contribution in [0.1, 0.15) is 10.4 Å². The van der Waals surface area contributed by atoms with Gasteiger partial charge in [0.1, 0.15) is 6.17 Å². The molecular weight excluding hydrogens is 437 g/mol. The molecule has 1 unspecified atom stereocenters. The molecular formula is C20H16Cl3N3OS. The van der Waals surface area contributed by atoms with Gasteiger partial charge in [0.15, 0.2) is 5.11 Å². The molecule has 3 N–H and O–H groups in total. The largest absolute Gasteiger partial charge is 0.339 e. The molecule has 0 radical (unpaired) electrons. The van der Waals surface area contributed by atoms with Gasteiger partial charge in [-0.2, -0.15) is 0 Å². The number of alkyl halides is 3. The van der Waals surface area contributed by atoms with Gasteiger partial charge in [-0.15, -0.1) is 0 Å². The summed E-state index contributed by atoms with van der Waals surface area (Å²) in [7, 11) is 0. The van der Waals surface area contributed by atoms with Crippen LogP contribution in [0.25, 0.3) is 10.8 Å². The van der Waals surface area contributed by atoms with Gasteiger partial charge in [0, 0.05) is 11.3 Å². The van der Waals surface area contributed by atoms with E-state index >= 15 is 0 Å². The first kappa shape index (κ1) is 20.7. The van der Waals surface area contributed by atoms with Gasteiger partial charge in [0.25, 0.3) is 5.91 Å². The number of halogens is 3. The Morgan fingerprint density at radius 2 is 1.50 bits per heavy atom. The van der Waals surface area contributed by atoms with Crippen molar-refractivity contribution in [1.29, 1.82) is 0 Å². The van der Waals surface area contributed by atoms with Crippen molar-refractivity contribution in [3.63, 3.8) is 0 Å². The number of thiocarbonyl (C=S) groups is 1. The summed E-state index contributed by atoms with van der Waals surface area (Å²) >= 11 is 23.5. The first-order valence-corrected chi connectivity index (χ1v) is 9.87. The summed E-state index contributed by atoms with van der Waals surface area (Å²) in [4.78, 5) is 12.9. The van der Waals surface area contributed by atoms with Crippen molar-refractivity contribution >= 4 is 74.5 Å². The van der Waals surface area contributed by atoms with Crippen molar-refractivity contribution in [3.8, 4) is 0 Å². The molecule has 0 saturated carbocycles. The summed E-state index contributed by atoms with van der Waals surface area (Å²) in [5.74, 6) is -0.386. The Morgan fingerprint density at radius 3 is 2.21 bits per heavy atom. The Hall–Kier alpha value is -2.05. The Labute approximate surface area is 183 Å². The number of hydrogen-bond donors (Lipinski definition) is 3. The van der Waals surface area contributed by atoms with Crippen LogP contribution in [0.15, 0.2) is 72.8 Å². The Kier molecular flexibility index (Phi) is 6.62. The van der Waals surface area contributed by atoms with Gasteiger partial charge < -0.3 is 16.0 Å². The zero-order valence-corrected chi connectivity index (χ0v) is 17.5. The number of carbonyl (C=O) groups is 1. The van der Waals surface area contributed by atoms with Gasteiger partial charge >= 0.3 is 0 Å². The average molecular weight is 453 g/mol. The van der Waals surface area contributed by atoms with Gasteiger partial charge in [-0.05, 0) is 41.2 Å². The lowest BCUT2D eigenvalue weighted by Gasteiger charge is -2.28. The van der Waals surface area contributed by atoms with Crippen molar-refractivity contribution in [2.75, 3.05) is 5.32 Å². The molecule has 0 aliphatic heterocycles. The van der Waals surface area contributed by atoms with Crippen molar-refractivity contribution in [2.24, 2.45) is 0 Å². The molecule has 3 aromatic rings. The highest BCUT2D eigenvalue weighted by atomic mass is 35.6. The summed E-state index contributed by atoms with van der Waals surface area (Å²) in [6.45, 7) is 0. The molecule has 3 aromatic carbocycles. The molecule has 0 aromatic heterocycles. The van der Waals surface area contributed by atoms with Crippen LogP contribution in [0, 0.1) is 0 Å². The zero-order valence-electron chi connectivity index (χ0n) is 14.5. The standard InChI is InChI=1S/C20H16Cl3N3OS/c21-20(22,23)18(26-19(28)24-14-9-2-1-3-10-14)25-17(27)16-12-6-8-13-7-4-5-11-15(13)16/h1-12,18H,(H,25,27)(H2,24,26,28). The summed E-state index contributed by atoms with van der Waals surface area (Å²) in [5, 5.41) is 10.5. The second-order valence-electron chi connectivity index (χ2n) is 5.94. The molecule has 0 fully saturated rings. The van der Waals surface area contributed by atoms with Crippen LogP contribution in [0.2, 0.25) is 0 Å². The highest BCUT2D eigenvalue weighted by Crippen LogP contribution is 2.29. The maximum atomic E-state index is 12.9. The van der Waals surface area contributed by atoms with Crippen LogP contribution >= 0.6 is 47.0 Å². The number of rotatable bonds is 4. The summed E-state index contributed by atoms with van der Waals surface area (Å²) in [6, 6.07) is 22.3. The molecule has 28 heavy (non-hydrogen) atoms. The van der Waals surface area contributed by atoms with E-state index in [2.05, 4.69) is 16.0 Å². The van der Waals surface area contributed by atoms with E-state index in [1.807, 2.05) is 60.7 Å². The molecule has 0 spiro atoms. The fourth-order valence-electron chi connectivity index (χ4n) is 2.65. The predicted octanol–water partition coefficient (Wildman–Crippen LogP) is 5.25. The Balaban J connectivity index is 1.77. The highest BCUT2D eigenvalue weighted by molar-refractivity contribution is 7.80. The minimum absolute atomic E-state index is 0.209. The maximum absolute atomic E-state index is 12.9. The van der Waals surface area contributed by atoms with Crippen LogP contribution < -0.4 is 16.0 Å². The van der Waals surface area contributed by atoms with E-state index in [-0.39, 0.29) is 11.0 Å². The molecule has 0 saturated heterocycles. The minimum atomic E-state index is -1.83. The van der Waals surface area contributed by atoms with Crippen molar-refractivity contribution < 1.29 is 4.79 Å². The molecule has 1 atom stereocenters. The number of anilines is 1. The van der Waals surface area contributed by atoms with Crippen LogP contribution in [0.5, 0.6) is 0 Å². The molecule has 0 aliphatic carbocycles. The minimum Gasteiger partial charge on any atom is -0.339 e. The third-order valence-corrected chi connectivity index (χ3v) is 4.82. The molecule has 0 heterocycles. The molecule has 0 bridgehead atoms. The van der Waals surface area contributed by atoms with E-state index in [9.17, 15) is 4.79 Å². The van der Waals surface area contributed by atoms with E-state index in [1.54, 1.807) is 12.1 Å². The van der Waals surface area contributed by atoms with Gasteiger partial charge in [-0.3, -0.25) is 4.79 Å². The van der Waals surface area contributed by atoms with Crippen LogP contribution in [0.4, 0.5) is 5.69 Å². The lowest BCUT2D eigenvalue weighted by molar-refractivity contribution is 0.0936. The number of fused-ring (bicyclic) bond motifs is 1. The molecule has 144 valence electrons. The van der Waals surface area contributed by atoms with Gasteiger partial charge in [-0.25, -0.2) is 0 Å². The van der Waals surface area contributed by atoms with E-state index in [1.165, 1.54) is 0 Å². The van der Waals surface area contributed by atoms with Crippen molar-refractivity contribution in [3.05, 3.63) is 78.4 Å². The average Bonchev–Trinajstić information content (AvgIpc) is 2.67. The van der Waals surface area contributed by atoms with E-state index < -0.39 is 9.96 Å². The lowest BCUT2D eigenvalue weighted by Crippen LogP contribution is -2.56. The SMILES string of the molecule is O=C(NC(NC(=S)Nc1ccccc1)C(Cl)(Cl)Cl)c1cccc2ccccc12. The second kappa shape index (κ2) is 8.97. The monoisotopic (exact) mass is 451 g/mol. The van der Waals surface area contributed by atoms with Gasteiger partial charge in [0.2, 0.25) is 3.79 Å². The van der Waals surface area contributed by atoms with Crippen LogP contribution in [-0.4, -0.2) is 21.0 Å². The Bertz CT molecular complexity index is 987. The van der Waals surface area contributed by atoms with Gasteiger partial charge in [0.05, 0.1) is 0 Å². The van der Waals surface area contributed by atoms with Gasteiger partial charge in [-0.1, -0.05) is 89.4 Å². The molecule has 3 rings (SSSR count). The number of para-hydroxylation sites is 1. The smallest absolute Gasteiger partial charge is 0.253 e. The van der Waals surface area contributed by atoms with Crippen molar-refractivity contribution in [1.82, 2.24) is 10.6 Å². The number of benzene rings is 3. The fraction of sp³-hybridized carbons (Fsp3) is 0.100. The molecule has 1 amide bonds. The first-order chi connectivity index (χ1) is 13.3. The normalized spacial score (nSPS) is 12.2. The lowest BCUT2D eigenvalue weighted by atomic mass is 10.0. The number of nitrogens with one attached hydrogen (secondary N) is 3. The quantitative estimate of drug-likeness (QED) is 0.287. The zero-order chi connectivity index (χ0) is 20.1. The van der Waals surface area contributed by atoms with Crippen LogP contribution in [-0.2, 0) is 0 Å². The summed E-state index contributed by atoms with van der Waals surface area (Å²) in [5.41, 5.74) is 1.24. The van der Waals surface area contributed by atoms with E-state index in [0.717, 1.165) is 16.5 Å². The second-order valence-corrected chi connectivity index (χ2v) is 8.72. The highest BCUT2D eigenvalue weighted by Gasteiger charge is 2.35. The van der Waals surface area contributed by atoms with Crippen LogP contribution in [0.3, 0.4) is 0 Å². The Morgan fingerprint density at radius 1 is 0.857 bits per heavy atom. The third kappa shape index (κ3) is 5.26. The maximum Gasteiger partial charge on any atom is 0.253 e. The van der Waals surface area contributed by atoms with Crippen molar-refractivity contribution in [2.45, 2.75) is 9.96 Å². The summed E-state index contributed by atoms with van der Waals surface area (Å²) in [6.07, 6.45) is -1.05. The third-order valence-electron chi connectivity index (χ3n) is 3.94. The molecule has 8 heteroatoms. The topological polar surface area (TPSA) is 53.2 Å². The number of carbonyl (C=O) groups excluding carboxylic acids is 1. The van der Waals surface area contributed by atoms with E-state index in [4.69, 9.17) is 47.0 Å². The van der Waals surface area contributed by atoms with E-state index in [0.29, 0.717) is 5.56 Å². The molecule has 0 aliphatic rings. The predicted molar refractivity (Wildman–Crippen MR) is 121 cm³/mol. The molecule has 4 nitrogen and oxygen atoms in total. The first-order valence-electron chi connectivity index (χ1n) is 8.32. The number of hydrogen-bond acceptors (Lipinski definition) is 2.